The normalized spacial score (nSPS) is 14.0. The molecule has 1 N–H and O–H groups in total. The summed E-state index contributed by atoms with van der Waals surface area (Å²) < 4.78 is 6.18. The molecule has 2 aromatic heterocycles. The van der Waals surface area contributed by atoms with Crippen molar-refractivity contribution < 1.29 is 9.53 Å². The zero-order chi connectivity index (χ0) is 16.9. The van der Waals surface area contributed by atoms with E-state index in [1.807, 2.05) is 0 Å². The molecule has 1 aliphatic rings. The van der Waals surface area contributed by atoms with E-state index in [0.717, 1.165) is 43.4 Å². The van der Waals surface area contributed by atoms with Crippen molar-refractivity contribution in [3.05, 3.63) is 32.7 Å². The van der Waals surface area contributed by atoms with E-state index in [-0.39, 0.29) is 18.0 Å². The van der Waals surface area contributed by atoms with Gasteiger partial charge in [-0.25, -0.2) is 4.68 Å². The van der Waals surface area contributed by atoms with Gasteiger partial charge in [-0.1, -0.05) is 17.8 Å². The number of amides is 1. The van der Waals surface area contributed by atoms with Crippen LogP contribution in [-0.4, -0.2) is 33.0 Å². The first kappa shape index (κ1) is 16.7. The fraction of sp³-hybridized carbons (Fsp3) is 0.533. The van der Waals surface area contributed by atoms with Gasteiger partial charge in [0.25, 0.3) is 5.56 Å². The highest BCUT2D eigenvalue weighted by molar-refractivity contribution is 7.15. The Bertz CT molecular complexity index is 786. The van der Waals surface area contributed by atoms with Crippen molar-refractivity contribution in [1.82, 2.24) is 20.0 Å². The van der Waals surface area contributed by atoms with E-state index in [4.69, 9.17) is 4.74 Å². The Morgan fingerprint density at radius 1 is 1.33 bits per heavy atom. The van der Waals surface area contributed by atoms with Gasteiger partial charge in [0, 0.05) is 13.2 Å². The SMILES string of the molecule is COCc1nnc(NC(=O)Cn2nc3c(cc2=O)CCCCC3)s1. The third kappa shape index (κ3) is 4.04. The molecule has 0 aliphatic heterocycles. The third-order valence-electron chi connectivity index (χ3n) is 3.80. The topological polar surface area (TPSA) is 99.0 Å². The number of carbonyl (C=O) groups excluding carboxylic acids is 1. The lowest BCUT2D eigenvalue weighted by atomic mass is 10.1. The Morgan fingerprint density at radius 2 is 2.17 bits per heavy atom. The lowest BCUT2D eigenvalue weighted by Gasteiger charge is -2.09. The predicted octanol–water partition coefficient (Wildman–Crippen LogP) is 1.15. The number of carbonyl (C=O) groups is 1. The summed E-state index contributed by atoms with van der Waals surface area (Å²) in [6.45, 7) is 0.213. The summed E-state index contributed by atoms with van der Waals surface area (Å²) in [6, 6.07) is 1.61. The molecule has 128 valence electrons. The molecule has 0 saturated heterocycles. The maximum absolute atomic E-state index is 12.2. The number of hydrogen-bond acceptors (Lipinski definition) is 7. The summed E-state index contributed by atoms with van der Waals surface area (Å²) in [5, 5.41) is 15.8. The first-order chi connectivity index (χ1) is 11.7. The molecule has 1 aliphatic carbocycles. The van der Waals surface area contributed by atoms with Crippen LogP contribution in [0.3, 0.4) is 0 Å². The van der Waals surface area contributed by atoms with Crippen molar-refractivity contribution in [1.29, 1.82) is 0 Å². The Labute approximate surface area is 142 Å². The molecule has 9 heteroatoms. The van der Waals surface area contributed by atoms with Crippen LogP contribution in [0.1, 0.15) is 35.5 Å². The summed E-state index contributed by atoms with van der Waals surface area (Å²) in [4.78, 5) is 24.3. The summed E-state index contributed by atoms with van der Waals surface area (Å²) >= 11 is 1.24. The van der Waals surface area contributed by atoms with Crippen molar-refractivity contribution in [2.24, 2.45) is 0 Å². The fourth-order valence-electron chi connectivity index (χ4n) is 2.67. The molecule has 0 aromatic carbocycles. The Hall–Kier alpha value is -2.13. The summed E-state index contributed by atoms with van der Waals surface area (Å²) in [5.41, 5.74) is 1.70. The Kier molecular flexibility index (Phi) is 5.31. The van der Waals surface area contributed by atoms with Gasteiger partial charge >= 0.3 is 0 Å². The number of aromatic nitrogens is 4. The van der Waals surface area contributed by atoms with E-state index >= 15 is 0 Å². The van der Waals surface area contributed by atoms with Crippen molar-refractivity contribution in [3.8, 4) is 0 Å². The Morgan fingerprint density at radius 3 is 3.00 bits per heavy atom. The van der Waals surface area contributed by atoms with E-state index in [1.54, 1.807) is 13.2 Å². The molecular formula is C15H19N5O3S. The maximum atomic E-state index is 12.2. The monoisotopic (exact) mass is 349 g/mol. The molecule has 2 aromatic rings. The van der Waals surface area contributed by atoms with E-state index in [9.17, 15) is 9.59 Å². The van der Waals surface area contributed by atoms with Crippen LogP contribution in [0.2, 0.25) is 0 Å². The number of rotatable bonds is 5. The summed E-state index contributed by atoms with van der Waals surface area (Å²) in [6.07, 6.45) is 5.04. The van der Waals surface area contributed by atoms with Gasteiger partial charge in [0.05, 0.1) is 5.69 Å². The Balaban J connectivity index is 1.69. The molecule has 8 nitrogen and oxygen atoms in total. The first-order valence-electron chi connectivity index (χ1n) is 7.87. The van der Waals surface area contributed by atoms with Gasteiger partial charge in [0.2, 0.25) is 11.0 Å². The van der Waals surface area contributed by atoms with E-state index < -0.39 is 0 Å². The van der Waals surface area contributed by atoms with Gasteiger partial charge in [-0.3, -0.25) is 14.9 Å². The lowest BCUT2D eigenvalue weighted by Crippen LogP contribution is -2.30. The molecule has 0 bridgehead atoms. The number of ether oxygens (including phenoxy) is 1. The van der Waals surface area contributed by atoms with Crippen LogP contribution in [0.5, 0.6) is 0 Å². The van der Waals surface area contributed by atoms with Crippen LogP contribution in [0.4, 0.5) is 5.13 Å². The predicted molar refractivity (Wildman–Crippen MR) is 89.0 cm³/mol. The van der Waals surface area contributed by atoms with E-state index in [0.29, 0.717) is 16.7 Å². The van der Waals surface area contributed by atoms with Crippen LogP contribution in [0, 0.1) is 0 Å². The van der Waals surface area contributed by atoms with Crippen LogP contribution >= 0.6 is 11.3 Å². The molecule has 24 heavy (non-hydrogen) atoms. The summed E-state index contributed by atoms with van der Waals surface area (Å²) in [5.74, 6) is -0.349. The van der Waals surface area contributed by atoms with Gasteiger partial charge in [-0.2, -0.15) is 5.10 Å². The van der Waals surface area contributed by atoms with Crippen LogP contribution < -0.4 is 10.9 Å². The number of methoxy groups -OCH3 is 1. The van der Waals surface area contributed by atoms with Crippen molar-refractivity contribution in [2.75, 3.05) is 12.4 Å². The zero-order valence-corrected chi connectivity index (χ0v) is 14.3. The number of nitrogens with one attached hydrogen (secondary N) is 1. The van der Waals surface area contributed by atoms with Crippen LogP contribution in [0.25, 0.3) is 0 Å². The second kappa shape index (κ2) is 7.63. The van der Waals surface area contributed by atoms with E-state index in [2.05, 4.69) is 20.6 Å². The first-order valence-corrected chi connectivity index (χ1v) is 8.68. The average molecular weight is 349 g/mol. The maximum Gasteiger partial charge on any atom is 0.267 e. The average Bonchev–Trinajstić information content (AvgIpc) is 2.85. The van der Waals surface area contributed by atoms with Crippen LogP contribution in [0.15, 0.2) is 10.9 Å². The highest BCUT2D eigenvalue weighted by Gasteiger charge is 2.15. The van der Waals surface area contributed by atoms with Gasteiger partial charge in [0.15, 0.2) is 0 Å². The van der Waals surface area contributed by atoms with Crippen molar-refractivity contribution in [2.45, 2.75) is 45.3 Å². The lowest BCUT2D eigenvalue weighted by molar-refractivity contribution is -0.117. The smallest absolute Gasteiger partial charge is 0.267 e. The second-order valence-corrected chi connectivity index (χ2v) is 6.72. The molecule has 0 spiro atoms. The third-order valence-corrected chi connectivity index (χ3v) is 4.61. The highest BCUT2D eigenvalue weighted by atomic mass is 32.1. The van der Waals surface area contributed by atoms with Gasteiger partial charge in [0.1, 0.15) is 18.2 Å². The van der Waals surface area contributed by atoms with Crippen LogP contribution in [-0.2, 0) is 35.5 Å². The number of anilines is 1. The number of aryl methyl sites for hydroxylation is 2. The second-order valence-electron chi connectivity index (χ2n) is 5.65. The zero-order valence-electron chi connectivity index (χ0n) is 13.4. The molecule has 2 heterocycles. The standard InChI is InChI=1S/C15H19N5O3S/c1-23-9-13-17-18-15(24-13)16-12(21)8-20-14(22)7-10-5-3-2-4-6-11(10)19-20/h7H,2-6,8-9H2,1H3,(H,16,18,21). The fourth-order valence-corrected chi connectivity index (χ4v) is 3.40. The molecule has 0 saturated carbocycles. The van der Waals surface area contributed by atoms with Gasteiger partial charge < -0.3 is 4.74 Å². The number of nitrogens with zero attached hydrogens (tertiary/aromatic N) is 4. The molecule has 3 rings (SSSR count). The molecule has 0 atom stereocenters. The van der Waals surface area contributed by atoms with Crippen molar-refractivity contribution in [3.63, 3.8) is 0 Å². The minimum atomic E-state index is -0.349. The van der Waals surface area contributed by atoms with E-state index in [1.165, 1.54) is 16.0 Å². The van der Waals surface area contributed by atoms with Gasteiger partial charge in [-0.05, 0) is 31.2 Å². The highest BCUT2D eigenvalue weighted by Crippen LogP contribution is 2.17. The number of hydrogen-bond donors (Lipinski definition) is 1. The van der Waals surface area contributed by atoms with Gasteiger partial charge in [-0.15, -0.1) is 10.2 Å². The quantitative estimate of drug-likeness (QED) is 0.813. The minimum absolute atomic E-state index is 0.134. The largest absolute Gasteiger partial charge is 0.377 e. The minimum Gasteiger partial charge on any atom is -0.377 e. The molecule has 0 fully saturated rings. The van der Waals surface area contributed by atoms with Crippen molar-refractivity contribution >= 4 is 22.4 Å². The molecule has 0 unspecified atom stereocenters. The molecule has 1 amide bonds. The number of fused-ring (bicyclic) bond motifs is 1. The summed E-state index contributed by atoms with van der Waals surface area (Å²) in [7, 11) is 1.57. The molecular weight excluding hydrogens is 330 g/mol. The molecule has 0 radical (unpaired) electrons.